The second-order valence-electron chi connectivity index (χ2n) is 5.10. The van der Waals surface area contributed by atoms with E-state index in [0.29, 0.717) is 12.6 Å². The maximum atomic E-state index is 12.2. The van der Waals surface area contributed by atoms with Crippen LogP contribution in [0.25, 0.3) is 0 Å². The second-order valence-corrected chi connectivity index (χ2v) is 6.78. The molecule has 1 atom stereocenters. The van der Waals surface area contributed by atoms with E-state index in [1.54, 1.807) is 12.1 Å². The van der Waals surface area contributed by atoms with Crippen LogP contribution in [0, 0.1) is 0 Å². The molecule has 0 saturated heterocycles. The predicted molar refractivity (Wildman–Crippen MR) is 77.5 cm³/mol. The molecule has 0 bridgehead atoms. The Morgan fingerprint density at radius 1 is 1.55 bits per heavy atom. The average molecular weight is 299 g/mol. The van der Waals surface area contributed by atoms with E-state index < -0.39 is 10.0 Å². The molecule has 0 amide bonds. The molecule has 1 aromatic heterocycles. The van der Waals surface area contributed by atoms with E-state index in [-0.39, 0.29) is 16.8 Å². The molecule has 1 heterocycles. The van der Waals surface area contributed by atoms with E-state index >= 15 is 0 Å². The number of hydrogen-bond acceptors (Lipinski definition) is 6. The highest BCUT2D eigenvalue weighted by molar-refractivity contribution is 7.89. The summed E-state index contributed by atoms with van der Waals surface area (Å²) in [5.41, 5.74) is 2.63. The molecule has 0 aliphatic heterocycles. The molecule has 20 heavy (non-hydrogen) atoms. The third-order valence-electron chi connectivity index (χ3n) is 3.57. The van der Waals surface area contributed by atoms with Crippen molar-refractivity contribution >= 4 is 15.7 Å². The summed E-state index contributed by atoms with van der Waals surface area (Å²) in [7, 11) is -1.65. The van der Waals surface area contributed by atoms with Gasteiger partial charge in [0, 0.05) is 24.8 Å². The van der Waals surface area contributed by atoms with E-state index in [9.17, 15) is 8.42 Å². The summed E-state index contributed by atoms with van der Waals surface area (Å²) in [6, 6.07) is 3.92. The SMILES string of the molecule is CC(CNS(=O)(=O)c1ncccc1NN)N(C)C1CC1. The molecule has 7 nitrogen and oxygen atoms in total. The van der Waals surface area contributed by atoms with Crippen LogP contribution in [0.15, 0.2) is 23.4 Å². The topological polar surface area (TPSA) is 100 Å². The zero-order valence-electron chi connectivity index (χ0n) is 11.7. The second kappa shape index (κ2) is 6.04. The Labute approximate surface area is 119 Å². The van der Waals surface area contributed by atoms with Crippen molar-refractivity contribution in [1.29, 1.82) is 0 Å². The van der Waals surface area contributed by atoms with Crippen LogP contribution in [0.5, 0.6) is 0 Å². The van der Waals surface area contributed by atoms with E-state index in [0.717, 1.165) is 0 Å². The van der Waals surface area contributed by atoms with Crippen LogP contribution in [0.3, 0.4) is 0 Å². The quantitative estimate of drug-likeness (QED) is 0.489. The van der Waals surface area contributed by atoms with Gasteiger partial charge < -0.3 is 5.43 Å². The summed E-state index contributed by atoms with van der Waals surface area (Å²) in [5, 5.41) is -0.0798. The van der Waals surface area contributed by atoms with Crippen LogP contribution >= 0.6 is 0 Å². The Hall–Kier alpha value is -1.22. The number of likely N-dealkylation sites (N-methyl/N-ethyl adjacent to an activating group) is 1. The van der Waals surface area contributed by atoms with E-state index in [4.69, 9.17) is 5.84 Å². The highest BCUT2D eigenvalue weighted by atomic mass is 32.2. The number of nitrogens with one attached hydrogen (secondary N) is 2. The largest absolute Gasteiger partial charge is 0.321 e. The molecule has 1 aliphatic carbocycles. The summed E-state index contributed by atoms with van der Waals surface area (Å²) in [6.07, 6.45) is 3.80. The molecular formula is C12H21N5O2S. The molecule has 1 saturated carbocycles. The first kappa shape index (κ1) is 15.2. The molecule has 1 aromatic rings. The van der Waals surface area contributed by atoms with Crippen molar-refractivity contribution in [3.05, 3.63) is 18.3 Å². The summed E-state index contributed by atoms with van der Waals surface area (Å²) >= 11 is 0. The summed E-state index contributed by atoms with van der Waals surface area (Å²) in [4.78, 5) is 6.08. The molecule has 2 rings (SSSR count). The van der Waals surface area contributed by atoms with Gasteiger partial charge in [-0.2, -0.15) is 0 Å². The third kappa shape index (κ3) is 3.45. The molecule has 0 aromatic carbocycles. The number of nitrogens with two attached hydrogens (primary N) is 1. The van der Waals surface area contributed by atoms with Gasteiger partial charge in [0.05, 0.1) is 5.69 Å². The van der Waals surface area contributed by atoms with Gasteiger partial charge in [-0.3, -0.25) is 10.7 Å². The summed E-state index contributed by atoms with van der Waals surface area (Å²) < 4.78 is 27.1. The third-order valence-corrected chi connectivity index (χ3v) is 4.95. The van der Waals surface area contributed by atoms with Crippen LogP contribution in [0.1, 0.15) is 19.8 Å². The molecule has 0 radical (unpaired) electrons. The number of anilines is 1. The number of nitrogen functional groups attached to an aromatic ring is 1. The first-order chi connectivity index (χ1) is 9.45. The molecular weight excluding hydrogens is 278 g/mol. The minimum absolute atomic E-state index is 0.0798. The van der Waals surface area contributed by atoms with Gasteiger partial charge in [0.25, 0.3) is 10.0 Å². The number of sulfonamides is 1. The molecule has 1 fully saturated rings. The number of rotatable bonds is 7. The minimum atomic E-state index is -3.67. The molecule has 112 valence electrons. The lowest BCUT2D eigenvalue weighted by Gasteiger charge is -2.24. The Bertz CT molecular complexity index is 559. The predicted octanol–water partition coefficient (Wildman–Crippen LogP) is 0.128. The van der Waals surface area contributed by atoms with Crippen LogP contribution in [-0.2, 0) is 10.0 Å². The van der Waals surface area contributed by atoms with Gasteiger partial charge in [0.2, 0.25) is 0 Å². The van der Waals surface area contributed by atoms with Gasteiger partial charge in [-0.25, -0.2) is 18.1 Å². The van der Waals surface area contributed by atoms with Gasteiger partial charge in [-0.1, -0.05) is 0 Å². The molecule has 0 spiro atoms. The summed E-state index contributed by atoms with van der Waals surface area (Å²) in [6.45, 7) is 2.34. The summed E-state index contributed by atoms with van der Waals surface area (Å²) in [5.74, 6) is 5.31. The fourth-order valence-electron chi connectivity index (χ4n) is 2.00. The van der Waals surface area contributed by atoms with Gasteiger partial charge in [0.15, 0.2) is 5.03 Å². The number of hydrazine groups is 1. The van der Waals surface area contributed by atoms with Gasteiger partial charge >= 0.3 is 0 Å². The Morgan fingerprint density at radius 3 is 2.85 bits per heavy atom. The minimum Gasteiger partial charge on any atom is -0.321 e. The Kier molecular flexibility index (Phi) is 4.59. The zero-order chi connectivity index (χ0) is 14.8. The Morgan fingerprint density at radius 2 is 2.25 bits per heavy atom. The van der Waals surface area contributed by atoms with Crippen molar-refractivity contribution in [2.24, 2.45) is 5.84 Å². The maximum absolute atomic E-state index is 12.2. The van der Waals surface area contributed by atoms with E-state index in [1.165, 1.54) is 19.0 Å². The average Bonchev–Trinajstić information content (AvgIpc) is 3.28. The Balaban J connectivity index is 2.03. The smallest absolute Gasteiger partial charge is 0.260 e. The molecule has 4 N–H and O–H groups in total. The van der Waals surface area contributed by atoms with Crippen LogP contribution in [0.2, 0.25) is 0 Å². The van der Waals surface area contributed by atoms with Crippen molar-refractivity contribution in [1.82, 2.24) is 14.6 Å². The monoisotopic (exact) mass is 299 g/mol. The van der Waals surface area contributed by atoms with Gasteiger partial charge in [-0.05, 0) is 38.9 Å². The lowest BCUT2D eigenvalue weighted by atomic mass is 10.3. The van der Waals surface area contributed by atoms with Crippen molar-refractivity contribution in [3.63, 3.8) is 0 Å². The van der Waals surface area contributed by atoms with E-state index in [1.807, 2.05) is 14.0 Å². The number of hydrogen-bond donors (Lipinski definition) is 3. The van der Waals surface area contributed by atoms with Crippen LogP contribution in [0.4, 0.5) is 5.69 Å². The normalized spacial score (nSPS) is 17.2. The first-order valence-electron chi connectivity index (χ1n) is 6.59. The number of nitrogens with zero attached hydrogens (tertiary/aromatic N) is 2. The zero-order valence-corrected chi connectivity index (χ0v) is 12.5. The maximum Gasteiger partial charge on any atom is 0.260 e. The van der Waals surface area contributed by atoms with Crippen molar-refractivity contribution in [2.45, 2.75) is 36.9 Å². The standard InChI is InChI=1S/C12H21N5O2S/c1-9(17(2)10-5-6-10)8-15-20(18,19)12-11(16-13)4-3-7-14-12/h3-4,7,9-10,15-16H,5-6,8,13H2,1-2H3. The van der Waals surface area contributed by atoms with Crippen LogP contribution < -0.4 is 16.0 Å². The lowest BCUT2D eigenvalue weighted by molar-refractivity contribution is 0.248. The highest BCUT2D eigenvalue weighted by Crippen LogP contribution is 2.26. The van der Waals surface area contributed by atoms with Crippen molar-refractivity contribution < 1.29 is 8.42 Å². The van der Waals surface area contributed by atoms with Crippen LogP contribution in [-0.4, -0.2) is 44.0 Å². The molecule has 1 unspecified atom stereocenters. The van der Waals surface area contributed by atoms with Gasteiger partial charge in [-0.15, -0.1) is 0 Å². The highest BCUT2D eigenvalue weighted by Gasteiger charge is 2.30. The fourth-order valence-corrected chi connectivity index (χ4v) is 3.21. The lowest BCUT2D eigenvalue weighted by Crippen LogP contribution is -2.41. The fraction of sp³-hybridized carbons (Fsp3) is 0.583. The molecule has 8 heteroatoms. The van der Waals surface area contributed by atoms with Crippen molar-refractivity contribution in [3.8, 4) is 0 Å². The number of pyridine rings is 1. The van der Waals surface area contributed by atoms with E-state index in [2.05, 4.69) is 20.0 Å². The first-order valence-corrected chi connectivity index (χ1v) is 8.07. The number of aromatic nitrogens is 1. The molecule has 1 aliphatic rings. The van der Waals surface area contributed by atoms with Crippen molar-refractivity contribution in [2.75, 3.05) is 19.0 Å². The van der Waals surface area contributed by atoms with Gasteiger partial charge in [0.1, 0.15) is 0 Å².